The fourth-order valence-electron chi connectivity index (χ4n) is 3.12. The molecule has 0 saturated carbocycles. The van der Waals surface area contributed by atoms with E-state index < -0.39 is 0 Å². The molecule has 0 fully saturated rings. The van der Waals surface area contributed by atoms with Crippen LogP contribution in [0.25, 0.3) is 0 Å². The quantitative estimate of drug-likeness (QED) is 0.907. The minimum absolute atomic E-state index is 0.0367. The van der Waals surface area contributed by atoms with Gasteiger partial charge < -0.3 is 20.1 Å². The van der Waals surface area contributed by atoms with Gasteiger partial charge in [0.05, 0.1) is 0 Å². The van der Waals surface area contributed by atoms with Gasteiger partial charge in [0.2, 0.25) is 5.91 Å². The molecule has 1 amide bonds. The van der Waals surface area contributed by atoms with Gasteiger partial charge in [-0.25, -0.2) is 0 Å². The first-order valence-corrected chi connectivity index (χ1v) is 8.29. The summed E-state index contributed by atoms with van der Waals surface area (Å²) in [4.78, 5) is 11.5. The Morgan fingerprint density at radius 1 is 1.12 bits per heavy atom. The molecule has 0 radical (unpaired) electrons. The Hall–Kier alpha value is -2.53. The molecule has 2 heterocycles. The highest BCUT2D eigenvalue weighted by molar-refractivity contribution is 5.94. The number of hydrogen-bond donors (Lipinski definition) is 2. The van der Waals surface area contributed by atoms with Crippen LogP contribution in [-0.2, 0) is 17.8 Å². The molecule has 5 heteroatoms. The van der Waals surface area contributed by atoms with E-state index in [4.69, 9.17) is 9.47 Å². The SMILES string of the molecule is O=C1CCc2c(ccc3c2OC(CNCc2ccccc2)CO3)N1. The van der Waals surface area contributed by atoms with Crippen molar-refractivity contribution in [3.63, 3.8) is 0 Å². The van der Waals surface area contributed by atoms with Crippen molar-refractivity contribution in [3.8, 4) is 11.5 Å². The zero-order valence-electron chi connectivity index (χ0n) is 13.4. The molecule has 0 aromatic heterocycles. The first-order chi connectivity index (χ1) is 11.8. The van der Waals surface area contributed by atoms with Crippen molar-refractivity contribution >= 4 is 11.6 Å². The van der Waals surface area contributed by atoms with Crippen LogP contribution in [0.5, 0.6) is 11.5 Å². The van der Waals surface area contributed by atoms with Gasteiger partial charge in [-0.1, -0.05) is 30.3 Å². The van der Waals surface area contributed by atoms with Gasteiger partial charge in [-0.15, -0.1) is 0 Å². The predicted octanol–water partition coefficient (Wildman–Crippen LogP) is 2.50. The molecule has 0 aliphatic carbocycles. The Labute approximate surface area is 141 Å². The van der Waals surface area contributed by atoms with E-state index in [1.165, 1.54) is 5.56 Å². The van der Waals surface area contributed by atoms with Crippen LogP contribution < -0.4 is 20.1 Å². The van der Waals surface area contributed by atoms with Crippen molar-refractivity contribution < 1.29 is 14.3 Å². The van der Waals surface area contributed by atoms with Gasteiger partial charge in [0.1, 0.15) is 12.7 Å². The molecule has 1 atom stereocenters. The van der Waals surface area contributed by atoms with E-state index in [-0.39, 0.29) is 12.0 Å². The lowest BCUT2D eigenvalue weighted by Gasteiger charge is -2.30. The molecule has 0 saturated heterocycles. The highest BCUT2D eigenvalue weighted by Gasteiger charge is 2.27. The van der Waals surface area contributed by atoms with E-state index in [0.29, 0.717) is 26.0 Å². The summed E-state index contributed by atoms with van der Waals surface area (Å²) < 4.78 is 12.0. The van der Waals surface area contributed by atoms with Crippen LogP contribution in [0.3, 0.4) is 0 Å². The molecule has 124 valence electrons. The van der Waals surface area contributed by atoms with Crippen LogP contribution >= 0.6 is 0 Å². The average Bonchev–Trinajstić information content (AvgIpc) is 2.62. The Morgan fingerprint density at radius 3 is 2.88 bits per heavy atom. The van der Waals surface area contributed by atoms with Gasteiger partial charge in [-0.2, -0.15) is 0 Å². The largest absolute Gasteiger partial charge is 0.486 e. The monoisotopic (exact) mass is 324 g/mol. The third kappa shape index (κ3) is 3.08. The van der Waals surface area contributed by atoms with Gasteiger partial charge in [0.25, 0.3) is 0 Å². The van der Waals surface area contributed by atoms with Crippen molar-refractivity contribution in [1.29, 1.82) is 0 Å². The molecule has 2 aromatic carbocycles. The average molecular weight is 324 g/mol. The zero-order chi connectivity index (χ0) is 16.4. The molecular formula is C19H20N2O3. The molecule has 4 rings (SSSR count). The summed E-state index contributed by atoms with van der Waals surface area (Å²) in [5, 5.41) is 6.31. The summed E-state index contributed by atoms with van der Waals surface area (Å²) >= 11 is 0. The van der Waals surface area contributed by atoms with Crippen LogP contribution in [0.2, 0.25) is 0 Å². The first kappa shape index (κ1) is 15.0. The van der Waals surface area contributed by atoms with Gasteiger partial charge in [0, 0.05) is 30.8 Å². The Kier molecular flexibility index (Phi) is 4.09. The second kappa shape index (κ2) is 6.53. The topological polar surface area (TPSA) is 59.6 Å². The van der Waals surface area contributed by atoms with Crippen molar-refractivity contribution in [1.82, 2.24) is 5.32 Å². The summed E-state index contributed by atoms with van der Waals surface area (Å²) in [6.07, 6.45) is 1.15. The summed E-state index contributed by atoms with van der Waals surface area (Å²) in [5.41, 5.74) is 3.13. The lowest BCUT2D eigenvalue weighted by Crippen LogP contribution is -2.39. The van der Waals surface area contributed by atoms with E-state index >= 15 is 0 Å². The minimum atomic E-state index is -0.0367. The van der Waals surface area contributed by atoms with E-state index in [1.807, 2.05) is 30.3 Å². The number of hydrogen-bond acceptors (Lipinski definition) is 4. The van der Waals surface area contributed by atoms with Crippen molar-refractivity contribution in [2.75, 3.05) is 18.5 Å². The molecule has 24 heavy (non-hydrogen) atoms. The normalized spacial score (nSPS) is 18.7. The van der Waals surface area contributed by atoms with Crippen LogP contribution in [0.4, 0.5) is 5.69 Å². The van der Waals surface area contributed by atoms with E-state index in [0.717, 1.165) is 29.3 Å². The highest BCUT2D eigenvalue weighted by Crippen LogP contribution is 2.41. The molecule has 2 N–H and O–H groups in total. The predicted molar refractivity (Wildman–Crippen MR) is 91.5 cm³/mol. The molecular weight excluding hydrogens is 304 g/mol. The molecule has 2 aromatic rings. The lowest BCUT2D eigenvalue weighted by atomic mass is 10.0. The van der Waals surface area contributed by atoms with Crippen molar-refractivity contribution in [2.24, 2.45) is 0 Å². The molecule has 2 aliphatic heterocycles. The zero-order valence-corrected chi connectivity index (χ0v) is 13.4. The van der Waals surface area contributed by atoms with E-state index in [9.17, 15) is 4.79 Å². The number of nitrogens with one attached hydrogen (secondary N) is 2. The fourth-order valence-corrected chi connectivity index (χ4v) is 3.12. The highest BCUT2D eigenvalue weighted by atomic mass is 16.6. The van der Waals surface area contributed by atoms with E-state index in [1.54, 1.807) is 0 Å². The molecule has 0 spiro atoms. The first-order valence-electron chi connectivity index (χ1n) is 8.29. The second-order valence-corrected chi connectivity index (χ2v) is 6.13. The maximum Gasteiger partial charge on any atom is 0.224 e. The van der Waals surface area contributed by atoms with Crippen LogP contribution in [0, 0.1) is 0 Å². The number of rotatable bonds is 4. The fraction of sp³-hybridized carbons (Fsp3) is 0.316. The molecule has 2 aliphatic rings. The number of carbonyl (C=O) groups is 1. The smallest absolute Gasteiger partial charge is 0.224 e. The Balaban J connectivity index is 1.42. The lowest BCUT2D eigenvalue weighted by molar-refractivity contribution is -0.116. The number of fused-ring (bicyclic) bond motifs is 3. The maximum absolute atomic E-state index is 11.5. The molecule has 0 bridgehead atoms. The summed E-state index contributed by atoms with van der Waals surface area (Å²) in [6.45, 7) is 2.04. The van der Waals surface area contributed by atoms with Gasteiger partial charge >= 0.3 is 0 Å². The van der Waals surface area contributed by atoms with Crippen molar-refractivity contribution in [3.05, 3.63) is 53.6 Å². The van der Waals surface area contributed by atoms with Gasteiger partial charge in [0.15, 0.2) is 11.5 Å². The summed E-state index contributed by atoms with van der Waals surface area (Å²) in [5.74, 6) is 1.61. The van der Waals surface area contributed by atoms with Crippen molar-refractivity contribution in [2.45, 2.75) is 25.5 Å². The summed E-state index contributed by atoms with van der Waals surface area (Å²) in [7, 11) is 0. The van der Waals surface area contributed by atoms with Gasteiger partial charge in [-0.3, -0.25) is 4.79 Å². The maximum atomic E-state index is 11.5. The molecule has 1 unspecified atom stereocenters. The minimum Gasteiger partial charge on any atom is -0.486 e. The van der Waals surface area contributed by atoms with E-state index in [2.05, 4.69) is 22.8 Å². The van der Waals surface area contributed by atoms with Crippen LogP contribution in [-0.4, -0.2) is 25.2 Å². The Bertz CT molecular complexity index is 746. The summed E-state index contributed by atoms with van der Waals surface area (Å²) in [6, 6.07) is 14.0. The number of anilines is 1. The number of ether oxygens (including phenoxy) is 2. The number of benzene rings is 2. The molecule has 5 nitrogen and oxygen atoms in total. The second-order valence-electron chi connectivity index (χ2n) is 6.13. The number of amides is 1. The third-order valence-corrected chi connectivity index (χ3v) is 4.35. The van der Waals surface area contributed by atoms with Crippen LogP contribution in [0.1, 0.15) is 17.5 Å². The standard InChI is InChI=1S/C19H20N2O3/c22-18-9-6-15-16(21-18)7-8-17-19(15)24-14(12-23-17)11-20-10-13-4-2-1-3-5-13/h1-5,7-8,14,20H,6,9-12H2,(H,21,22). The Morgan fingerprint density at radius 2 is 2.00 bits per heavy atom. The number of carbonyl (C=O) groups excluding carboxylic acids is 1. The van der Waals surface area contributed by atoms with Crippen LogP contribution in [0.15, 0.2) is 42.5 Å². The third-order valence-electron chi connectivity index (χ3n) is 4.35. The van der Waals surface area contributed by atoms with Gasteiger partial charge in [-0.05, 0) is 24.1 Å².